The number of aromatic nitrogens is 2. The number of hydrogen-bond donors (Lipinski definition) is 1. The Hall–Kier alpha value is -3.60. The number of anilines is 2. The molecule has 1 amide bonds. The Labute approximate surface area is 170 Å². The molecule has 0 aliphatic carbocycles. The van der Waals surface area contributed by atoms with E-state index in [1.54, 1.807) is 0 Å². The number of pyridine rings is 1. The molecule has 0 aliphatic heterocycles. The van der Waals surface area contributed by atoms with Crippen molar-refractivity contribution in [3.63, 3.8) is 0 Å². The lowest BCUT2D eigenvalue weighted by Crippen LogP contribution is -2.16. The van der Waals surface area contributed by atoms with Gasteiger partial charge in [-0.25, -0.2) is 4.98 Å². The number of hydrogen-bond acceptors (Lipinski definition) is 3. The summed E-state index contributed by atoms with van der Waals surface area (Å²) in [5.41, 5.74) is 6.94. The molecule has 2 aromatic heterocycles. The first-order valence-electron chi connectivity index (χ1n) is 9.57. The summed E-state index contributed by atoms with van der Waals surface area (Å²) in [4.78, 5) is 20.1. The van der Waals surface area contributed by atoms with Gasteiger partial charge in [-0.2, -0.15) is 0 Å². The van der Waals surface area contributed by atoms with Crippen LogP contribution in [-0.2, 0) is 0 Å². The minimum atomic E-state index is -0.184. The highest BCUT2D eigenvalue weighted by atomic mass is 16.2. The van der Waals surface area contributed by atoms with Gasteiger partial charge in [0.25, 0.3) is 5.91 Å². The van der Waals surface area contributed by atoms with E-state index in [1.165, 1.54) is 5.56 Å². The number of aryl methyl sites for hydroxylation is 2. The molecule has 0 saturated carbocycles. The van der Waals surface area contributed by atoms with Crippen molar-refractivity contribution < 1.29 is 4.79 Å². The van der Waals surface area contributed by atoms with Gasteiger partial charge >= 0.3 is 0 Å². The van der Waals surface area contributed by atoms with Gasteiger partial charge in [-0.15, -0.1) is 0 Å². The predicted molar refractivity (Wildman–Crippen MR) is 119 cm³/mol. The third-order valence-electron chi connectivity index (χ3n) is 4.95. The van der Waals surface area contributed by atoms with Crippen molar-refractivity contribution in [3.8, 4) is 11.3 Å². The van der Waals surface area contributed by atoms with E-state index in [0.717, 1.165) is 28.1 Å². The Morgan fingerprint density at radius 2 is 1.55 bits per heavy atom. The summed E-state index contributed by atoms with van der Waals surface area (Å²) in [6.45, 7) is 4.05. The number of rotatable bonds is 4. The zero-order chi connectivity index (χ0) is 20.5. The van der Waals surface area contributed by atoms with Gasteiger partial charge in [0.2, 0.25) is 0 Å². The van der Waals surface area contributed by atoms with E-state index >= 15 is 0 Å². The topological polar surface area (TPSA) is 49.6 Å². The largest absolute Gasteiger partial charge is 0.378 e. The van der Waals surface area contributed by atoms with E-state index in [4.69, 9.17) is 4.98 Å². The first kappa shape index (κ1) is 18.7. The Balaban J connectivity index is 1.78. The standard InChI is InChI=1S/C24H24N4O/c1-16-5-8-18(9-6-16)22-23(28-15-17(2)7-14-21(28)26-22)24(29)25-19-10-12-20(13-11-19)27(3)4/h5-15H,1-4H3,(H,25,29). The third-order valence-corrected chi connectivity index (χ3v) is 4.95. The molecule has 2 heterocycles. The molecule has 0 bridgehead atoms. The van der Waals surface area contributed by atoms with E-state index in [2.05, 4.69) is 5.32 Å². The van der Waals surface area contributed by atoms with Crippen LogP contribution in [0.25, 0.3) is 16.9 Å². The summed E-state index contributed by atoms with van der Waals surface area (Å²) in [5.74, 6) is -0.184. The van der Waals surface area contributed by atoms with Gasteiger partial charge in [-0.3, -0.25) is 9.20 Å². The van der Waals surface area contributed by atoms with Crippen molar-refractivity contribution in [1.82, 2.24) is 9.38 Å². The van der Waals surface area contributed by atoms with Crippen LogP contribution in [0.2, 0.25) is 0 Å². The molecule has 29 heavy (non-hydrogen) atoms. The lowest BCUT2D eigenvalue weighted by Gasteiger charge is -2.13. The molecule has 4 aromatic rings. The van der Waals surface area contributed by atoms with E-state index in [9.17, 15) is 4.79 Å². The van der Waals surface area contributed by atoms with Gasteiger partial charge < -0.3 is 10.2 Å². The minimum absolute atomic E-state index is 0.184. The molecule has 146 valence electrons. The van der Waals surface area contributed by atoms with Gasteiger partial charge in [0.1, 0.15) is 17.0 Å². The summed E-state index contributed by atoms with van der Waals surface area (Å²) < 4.78 is 1.87. The zero-order valence-electron chi connectivity index (χ0n) is 17.1. The number of carbonyl (C=O) groups excluding carboxylic acids is 1. The molecular formula is C24H24N4O. The molecule has 5 nitrogen and oxygen atoms in total. The summed E-state index contributed by atoms with van der Waals surface area (Å²) >= 11 is 0. The highest BCUT2D eigenvalue weighted by Crippen LogP contribution is 2.26. The quantitative estimate of drug-likeness (QED) is 0.542. The molecule has 0 spiro atoms. The van der Waals surface area contributed by atoms with Crippen molar-refractivity contribution in [2.24, 2.45) is 0 Å². The second-order valence-corrected chi connectivity index (χ2v) is 7.51. The molecule has 4 rings (SSSR count). The fraction of sp³-hybridized carbons (Fsp3) is 0.167. The molecule has 0 aliphatic rings. The molecule has 0 saturated heterocycles. The molecule has 0 radical (unpaired) electrons. The van der Waals surface area contributed by atoms with Gasteiger partial charge in [-0.05, 0) is 49.7 Å². The fourth-order valence-electron chi connectivity index (χ4n) is 3.31. The van der Waals surface area contributed by atoms with E-state index in [1.807, 2.05) is 104 Å². The minimum Gasteiger partial charge on any atom is -0.378 e. The zero-order valence-corrected chi connectivity index (χ0v) is 17.1. The maximum atomic E-state index is 13.3. The monoisotopic (exact) mass is 384 g/mol. The number of nitrogens with one attached hydrogen (secondary N) is 1. The van der Waals surface area contributed by atoms with Gasteiger partial charge in [0.05, 0.1) is 0 Å². The van der Waals surface area contributed by atoms with Gasteiger partial charge in [0, 0.05) is 37.2 Å². The first-order valence-corrected chi connectivity index (χ1v) is 9.57. The molecule has 0 atom stereocenters. The second kappa shape index (κ2) is 7.43. The predicted octanol–water partition coefficient (Wildman–Crippen LogP) is 4.94. The fourth-order valence-corrected chi connectivity index (χ4v) is 3.31. The average Bonchev–Trinajstić information content (AvgIpc) is 3.07. The number of imidazole rings is 1. The first-order chi connectivity index (χ1) is 13.9. The van der Waals surface area contributed by atoms with Crippen LogP contribution in [0.15, 0.2) is 66.9 Å². The maximum Gasteiger partial charge on any atom is 0.274 e. The smallest absolute Gasteiger partial charge is 0.274 e. The summed E-state index contributed by atoms with van der Waals surface area (Å²) in [7, 11) is 3.98. The normalized spacial score (nSPS) is 10.9. The summed E-state index contributed by atoms with van der Waals surface area (Å²) in [5, 5.41) is 3.03. The lowest BCUT2D eigenvalue weighted by molar-refractivity contribution is 0.102. The highest BCUT2D eigenvalue weighted by molar-refractivity contribution is 6.07. The molecule has 1 N–H and O–H groups in total. The molecule has 0 unspecified atom stereocenters. The Morgan fingerprint density at radius 3 is 2.21 bits per heavy atom. The van der Waals surface area contributed by atoms with Crippen LogP contribution in [0.4, 0.5) is 11.4 Å². The van der Waals surface area contributed by atoms with Crippen LogP contribution in [0.5, 0.6) is 0 Å². The number of benzene rings is 2. The van der Waals surface area contributed by atoms with E-state index < -0.39 is 0 Å². The molecule has 2 aromatic carbocycles. The van der Waals surface area contributed by atoms with Crippen LogP contribution in [-0.4, -0.2) is 29.4 Å². The van der Waals surface area contributed by atoms with Crippen molar-refractivity contribution >= 4 is 22.9 Å². The van der Waals surface area contributed by atoms with Crippen molar-refractivity contribution in [3.05, 3.63) is 83.7 Å². The number of nitrogens with zero attached hydrogens (tertiary/aromatic N) is 3. The maximum absolute atomic E-state index is 13.3. The number of amides is 1. The van der Waals surface area contributed by atoms with Crippen molar-refractivity contribution in [2.75, 3.05) is 24.3 Å². The summed E-state index contributed by atoms with van der Waals surface area (Å²) in [6, 6.07) is 19.8. The molecular weight excluding hydrogens is 360 g/mol. The van der Waals surface area contributed by atoms with Crippen LogP contribution in [0.3, 0.4) is 0 Å². The van der Waals surface area contributed by atoms with Crippen molar-refractivity contribution in [2.45, 2.75) is 13.8 Å². The van der Waals surface area contributed by atoms with Gasteiger partial charge in [0.15, 0.2) is 0 Å². The number of fused-ring (bicyclic) bond motifs is 1. The lowest BCUT2D eigenvalue weighted by atomic mass is 10.1. The SMILES string of the molecule is Cc1ccc(-c2nc3ccc(C)cn3c2C(=O)Nc2ccc(N(C)C)cc2)cc1. The van der Waals surface area contributed by atoms with Gasteiger partial charge in [-0.1, -0.05) is 35.9 Å². The third kappa shape index (κ3) is 3.72. The van der Waals surface area contributed by atoms with E-state index in [-0.39, 0.29) is 5.91 Å². The highest BCUT2D eigenvalue weighted by Gasteiger charge is 2.21. The van der Waals surface area contributed by atoms with Crippen LogP contribution < -0.4 is 10.2 Å². The van der Waals surface area contributed by atoms with E-state index in [0.29, 0.717) is 11.4 Å². The Kier molecular flexibility index (Phi) is 4.80. The molecule has 5 heteroatoms. The summed E-state index contributed by atoms with van der Waals surface area (Å²) in [6.07, 6.45) is 1.95. The van der Waals surface area contributed by atoms with Crippen LogP contribution in [0, 0.1) is 13.8 Å². The number of carbonyl (C=O) groups is 1. The van der Waals surface area contributed by atoms with Crippen molar-refractivity contribution in [1.29, 1.82) is 0 Å². The second-order valence-electron chi connectivity index (χ2n) is 7.51. The Morgan fingerprint density at radius 1 is 0.897 bits per heavy atom. The average molecular weight is 384 g/mol. The van der Waals surface area contributed by atoms with Crippen LogP contribution >= 0.6 is 0 Å². The van der Waals surface area contributed by atoms with Crippen LogP contribution in [0.1, 0.15) is 21.6 Å². The molecule has 0 fully saturated rings. The Bertz CT molecular complexity index is 1170.